The van der Waals surface area contributed by atoms with Crippen LogP contribution in [0.3, 0.4) is 0 Å². The Morgan fingerprint density at radius 3 is 1.48 bits per heavy atom. The third-order valence-corrected chi connectivity index (χ3v) is 20.0. The molecule has 13 amide bonds. The van der Waals surface area contributed by atoms with Gasteiger partial charge in [0.25, 0.3) is 0 Å². The van der Waals surface area contributed by atoms with Crippen LogP contribution in [0.1, 0.15) is 168 Å². The number of benzene rings is 1. The number of aromatic hydroxyl groups is 1. The van der Waals surface area contributed by atoms with Gasteiger partial charge in [-0.25, -0.2) is 0 Å². The van der Waals surface area contributed by atoms with Crippen LogP contribution in [-0.2, 0) is 107 Å². The summed E-state index contributed by atoms with van der Waals surface area (Å²) in [6, 6.07) is -4.52. The van der Waals surface area contributed by atoms with Crippen molar-refractivity contribution in [2.75, 3.05) is 143 Å². The lowest BCUT2D eigenvalue weighted by Crippen LogP contribution is -2.61. The molecular formula is C75H130N14O22S2. The molecule has 0 spiro atoms. The van der Waals surface area contributed by atoms with Gasteiger partial charge in [-0.3, -0.25) is 62.3 Å². The molecule has 0 radical (unpaired) electrons. The van der Waals surface area contributed by atoms with Crippen LogP contribution in [0, 0.1) is 5.92 Å². The van der Waals surface area contributed by atoms with Crippen LogP contribution in [0.25, 0.3) is 0 Å². The number of amides is 13. The normalized spacial score (nSPS) is 17.9. The van der Waals surface area contributed by atoms with Gasteiger partial charge in [-0.2, -0.15) is 0 Å². The number of primary amides is 3. The second kappa shape index (κ2) is 65.7. The highest BCUT2D eigenvalue weighted by atomic mass is 33.1. The molecule has 1 aromatic rings. The van der Waals surface area contributed by atoms with Crippen molar-refractivity contribution < 1.29 is 105 Å². The fourth-order valence-electron chi connectivity index (χ4n) is 10.9. The summed E-state index contributed by atoms with van der Waals surface area (Å²) < 4.78 is 44.3. The molecule has 8 unspecified atom stereocenters. The Kier molecular flexibility index (Phi) is 59.0. The van der Waals surface area contributed by atoms with Gasteiger partial charge in [-0.15, -0.1) is 0 Å². The van der Waals surface area contributed by atoms with Crippen molar-refractivity contribution >= 4 is 98.4 Å². The summed E-state index contributed by atoms with van der Waals surface area (Å²) >= 11 is 0. The number of carbonyl (C=O) groups is 13. The van der Waals surface area contributed by atoms with Crippen LogP contribution < -0.4 is 76.1 Å². The molecule has 0 aliphatic carbocycles. The molecule has 1 aliphatic rings. The highest BCUT2D eigenvalue weighted by molar-refractivity contribution is 8.76. The van der Waals surface area contributed by atoms with Gasteiger partial charge in [-0.05, 0) is 55.7 Å². The van der Waals surface area contributed by atoms with E-state index in [0.717, 1.165) is 34.4 Å². The van der Waals surface area contributed by atoms with E-state index < -0.39 is 146 Å². The number of hydrogen-bond donors (Lipinski definition) is 15. The average molecular weight is 1640 g/mol. The van der Waals surface area contributed by atoms with Crippen molar-refractivity contribution in [1.29, 1.82) is 0 Å². The van der Waals surface area contributed by atoms with Crippen LogP contribution in [0.5, 0.6) is 5.75 Å². The number of hydrogen-bond acceptors (Lipinski definition) is 25. The van der Waals surface area contributed by atoms with Crippen LogP contribution in [0.15, 0.2) is 24.3 Å². The molecule has 0 bridgehead atoms. The molecule has 644 valence electrons. The van der Waals surface area contributed by atoms with Crippen molar-refractivity contribution in [2.45, 2.75) is 211 Å². The van der Waals surface area contributed by atoms with Crippen LogP contribution in [0.2, 0.25) is 0 Å². The highest BCUT2D eigenvalue weighted by Crippen LogP contribution is 2.24. The molecule has 8 atom stereocenters. The largest absolute Gasteiger partial charge is 0.508 e. The van der Waals surface area contributed by atoms with Gasteiger partial charge in [0.1, 0.15) is 42.0 Å². The molecule has 38 heteroatoms. The number of nitrogens with one attached hydrogen (secondary N) is 10. The Labute approximate surface area is 672 Å². The van der Waals surface area contributed by atoms with Crippen molar-refractivity contribution in [3.05, 3.63) is 29.8 Å². The van der Waals surface area contributed by atoms with Crippen LogP contribution >= 0.6 is 21.6 Å². The number of rotatable bonds is 62. The lowest BCUT2D eigenvalue weighted by atomic mass is 9.96. The maximum Gasteiger partial charge on any atom is 0.243 e. The van der Waals surface area contributed by atoms with Gasteiger partial charge in [0.2, 0.25) is 76.8 Å². The molecule has 113 heavy (non-hydrogen) atoms. The second-order valence-electron chi connectivity index (χ2n) is 27.2. The number of phenolic OH excluding ortho intramolecular Hbond substituents is 1. The van der Waals surface area contributed by atoms with E-state index in [1.165, 1.54) is 94.9 Å². The Morgan fingerprint density at radius 1 is 0.469 bits per heavy atom. The van der Waals surface area contributed by atoms with E-state index in [-0.39, 0.29) is 81.1 Å². The molecule has 1 saturated heterocycles. The van der Waals surface area contributed by atoms with Crippen molar-refractivity contribution in [2.24, 2.45) is 28.9 Å². The van der Waals surface area contributed by atoms with E-state index in [0.29, 0.717) is 117 Å². The molecule has 2 rings (SSSR count). The van der Waals surface area contributed by atoms with Gasteiger partial charge in [0, 0.05) is 50.3 Å². The minimum Gasteiger partial charge on any atom is -0.508 e. The zero-order chi connectivity index (χ0) is 83.1. The van der Waals surface area contributed by atoms with E-state index in [1.807, 2.05) is 0 Å². The molecular weight excluding hydrogens is 1510 g/mol. The van der Waals surface area contributed by atoms with Crippen LogP contribution in [-0.4, -0.2) is 268 Å². The third-order valence-electron chi connectivity index (χ3n) is 17.6. The SMILES string of the molecule is CCCCCCCCCCCCCCCC(=O)NCCOCCOCCOCCOCCOCCOCCOCCOCCC(=O)NCCCCC(NC(=O)CNC(=O)C1CSSCC(N)C(=O)NC(Cc2ccc(O)cc2)C(=O)NC(C(C)CC)C(=O)NC(CCC(N)=O)C(=O)NC(CC(N)=O)C(=O)N1)C(=O)NCC(N)=O. The summed E-state index contributed by atoms with van der Waals surface area (Å²) in [7, 11) is 1.91. The summed E-state index contributed by atoms with van der Waals surface area (Å²) in [6.45, 7) is 10.8. The molecule has 1 aliphatic heterocycles. The molecule has 0 aromatic heterocycles. The van der Waals surface area contributed by atoms with E-state index in [2.05, 4.69) is 60.1 Å². The first kappa shape index (κ1) is 102. The van der Waals surface area contributed by atoms with Gasteiger partial charge in [-0.1, -0.05) is 138 Å². The predicted octanol–water partition coefficient (Wildman–Crippen LogP) is -0.123. The van der Waals surface area contributed by atoms with E-state index >= 15 is 0 Å². The summed E-state index contributed by atoms with van der Waals surface area (Å²) in [5.41, 5.74) is 23.0. The Bertz CT molecular complexity index is 2920. The maximum absolute atomic E-state index is 14.1. The number of nitrogens with two attached hydrogens (primary N) is 4. The quantitative estimate of drug-likeness (QED) is 0.0298. The minimum atomic E-state index is -1.81. The van der Waals surface area contributed by atoms with E-state index in [1.54, 1.807) is 13.8 Å². The first-order valence-corrected chi connectivity index (χ1v) is 42.1. The topological polar surface area (TPSA) is 540 Å². The van der Waals surface area contributed by atoms with Crippen molar-refractivity contribution in [3.8, 4) is 5.75 Å². The standard InChI is InChI=1S/C75H130N14O22S2/c1-4-6-7-8-9-10-11-12-13-14-15-16-17-21-65(94)81-30-32-105-34-36-107-38-40-109-42-44-111-46-45-110-43-41-108-39-37-106-35-33-104-31-28-66(95)80-29-19-18-20-57(70(98)82-49-64(79)93)84-67(96)50-83-71(99)61-52-113-112-51-56(76)69(97)86-59(47-54-22-24-55(90)25-23-54)74(102)89-68(53(3)5-2)75(103)85-58(26-27-62(77)91)72(100)87-60(48-63(78)92)73(101)88-61/h22-25,53,56-61,68,90H,4-21,26-52,76H2,1-3H3,(H2,77,91)(H2,78,92)(H2,79,93)(H,80,95)(H,81,94)(H,82,98)(H,83,99)(H,84,96)(H,85,103)(H,86,97)(H,87,100)(H,88,101)(H,89,102). The number of ether oxygens (including phenoxy) is 8. The van der Waals surface area contributed by atoms with Crippen molar-refractivity contribution in [1.82, 2.24) is 53.2 Å². The second-order valence-corrected chi connectivity index (χ2v) is 29.7. The smallest absolute Gasteiger partial charge is 0.243 e. The minimum absolute atomic E-state index is 0.00530. The molecule has 1 aromatic carbocycles. The zero-order valence-electron chi connectivity index (χ0n) is 66.4. The monoisotopic (exact) mass is 1640 g/mol. The lowest BCUT2D eigenvalue weighted by molar-refractivity contribution is -0.136. The first-order chi connectivity index (χ1) is 54.4. The van der Waals surface area contributed by atoms with Gasteiger partial charge in [0.15, 0.2) is 0 Å². The Morgan fingerprint density at radius 2 is 0.947 bits per heavy atom. The van der Waals surface area contributed by atoms with Gasteiger partial charge >= 0.3 is 0 Å². The summed E-state index contributed by atoms with van der Waals surface area (Å²) in [5, 5.41) is 35.4. The average Bonchev–Trinajstić information content (AvgIpc) is 0.828. The highest BCUT2D eigenvalue weighted by Gasteiger charge is 2.36. The van der Waals surface area contributed by atoms with Gasteiger partial charge < -0.3 is 119 Å². The first-order valence-electron chi connectivity index (χ1n) is 39.6. The Balaban J connectivity index is 1.73. The lowest BCUT2D eigenvalue weighted by Gasteiger charge is -2.29. The van der Waals surface area contributed by atoms with E-state index in [4.69, 9.17) is 60.8 Å². The number of phenols is 1. The summed E-state index contributed by atoms with van der Waals surface area (Å²) in [5.74, 6) is -11.7. The molecule has 1 fully saturated rings. The fourth-order valence-corrected chi connectivity index (χ4v) is 13.2. The zero-order valence-corrected chi connectivity index (χ0v) is 68.0. The van der Waals surface area contributed by atoms with Crippen molar-refractivity contribution in [3.63, 3.8) is 0 Å². The molecule has 36 nitrogen and oxygen atoms in total. The molecule has 19 N–H and O–H groups in total. The Hall–Kier alpha value is -7.53. The fraction of sp³-hybridized carbons (Fsp3) is 0.747. The van der Waals surface area contributed by atoms with Gasteiger partial charge in [0.05, 0.1) is 131 Å². The van der Waals surface area contributed by atoms with Crippen LogP contribution in [0.4, 0.5) is 0 Å². The van der Waals surface area contributed by atoms with E-state index in [9.17, 15) is 67.4 Å². The molecule has 1 heterocycles. The number of unbranched alkanes of at least 4 members (excludes halogenated alkanes) is 13. The summed E-state index contributed by atoms with van der Waals surface area (Å²) in [6.07, 6.45) is 16.3. The third kappa shape index (κ3) is 53.3. The predicted molar refractivity (Wildman–Crippen MR) is 425 cm³/mol. The molecule has 0 saturated carbocycles. The number of carbonyl (C=O) groups excluding carboxylic acids is 13. The summed E-state index contributed by atoms with van der Waals surface area (Å²) in [4.78, 5) is 171. The maximum atomic E-state index is 14.1.